The number of alkyl halides is 1. The lowest BCUT2D eigenvalue weighted by Gasteiger charge is -2.40. The molecule has 0 bridgehead atoms. The number of hydrogen-bond acceptors (Lipinski definition) is 8. The van der Waals surface area contributed by atoms with E-state index in [0.717, 1.165) is 0 Å². The molecule has 2 rings (SSSR count). The summed E-state index contributed by atoms with van der Waals surface area (Å²) in [5.41, 5.74) is -5.15. The number of aliphatic hydroxyl groups excluding tert-OH is 1. The second kappa shape index (κ2) is 7.45. The molecule has 1 fully saturated rings. The number of halogens is 2. The number of H-pyrrole nitrogens is 1. The van der Waals surface area contributed by atoms with Crippen molar-refractivity contribution in [2.75, 3.05) is 0 Å². The predicted molar refractivity (Wildman–Crippen MR) is 93.9 cm³/mol. The molecule has 13 nitrogen and oxygen atoms in total. The number of ether oxygens (including phenoxy) is 1. The van der Waals surface area contributed by atoms with Crippen LogP contribution in [0.4, 0.5) is 4.39 Å². The molecule has 0 saturated carbocycles. The fourth-order valence-corrected chi connectivity index (χ4v) is 4.20. The average Bonchev–Trinajstić information content (AvgIpc) is 2.71. The van der Waals surface area contributed by atoms with Gasteiger partial charge in [-0.3, -0.25) is 18.9 Å². The molecule has 154 valence electrons. The van der Waals surface area contributed by atoms with Gasteiger partial charge in [0, 0.05) is 12.6 Å². The van der Waals surface area contributed by atoms with Crippen LogP contribution in [-0.4, -0.2) is 70.2 Å². The first-order chi connectivity index (χ1) is 12.8. The van der Waals surface area contributed by atoms with Gasteiger partial charge in [-0.1, -0.05) is 11.6 Å². The third-order valence-electron chi connectivity index (χ3n) is 3.59. The highest BCUT2D eigenvalue weighted by atomic mass is 35.5. The molecule has 0 spiro atoms. The van der Waals surface area contributed by atoms with Crippen LogP contribution in [0.1, 0.15) is 6.42 Å². The zero-order valence-electron chi connectivity index (χ0n) is 13.8. The van der Waals surface area contributed by atoms with Crippen molar-refractivity contribution in [3.05, 3.63) is 32.1 Å². The van der Waals surface area contributed by atoms with Crippen molar-refractivity contribution < 1.29 is 46.9 Å². The van der Waals surface area contributed by atoms with Crippen molar-refractivity contribution in [2.24, 2.45) is 0 Å². The monoisotopic (exact) mass is 470 g/mol. The first kappa shape index (κ1) is 24.5. The van der Waals surface area contributed by atoms with E-state index in [0.29, 0.717) is 6.20 Å². The van der Waals surface area contributed by atoms with Gasteiger partial charge in [-0.05, 0) is 0 Å². The van der Waals surface area contributed by atoms with Crippen LogP contribution in [0.3, 0.4) is 0 Å². The number of aliphatic hydroxyl groups is 1. The number of hydrogen-bond donors (Lipinski definition) is 5. The first-order valence-corrected chi connectivity index (χ1v) is 10.5. The highest BCUT2D eigenvalue weighted by molar-refractivity contribution is 7.60. The van der Waals surface area contributed by atoms with E-state index >= 15 is 4.39 Å². The fourth-order valence-electron chi connectivity index (χ4n) is 2.33. The van der Waals surface area contributed by atoms with Gasteiger partial charge >= 0.3 is 21.3 Å². The van der Waals surface area contributed by atoms with E-state index in [4.69, 9.17) is 49.7 Å². The third kappa shape index (κ3) is 4.96. The van der Waals surface area contributed by atoms with Gasteiger partial charge < -0.3 is 24.5 Å². The number of phosphoric acid groups is 2. The van der Waals surface area contributed by atoms with Crippen LogP contribution in [-0.2, 0) is 28.3 Å². The summed E-state index contributed by atoms with van der Waals surface area (Å²) in [5, 5.41) is 6.01. The maximum Gasteiger partial charge on any atom is 0.480 e. The molecular formula is C9H9B3ClFN2O11P2. The van der Waals surface area contributed by atoms with Crippen LogP contribution >= 0.6 is 27.2 Å². The number of nitrogens with zero attached hydrogens (tertiary/aromatic N) is 1. The van der Waals surface area contributed by atoms with Gasteiger partial charge in [0.15, 0.2) is 0 Å². The molecule has 2 heterocycles. The van der Waals surface area contributed by atoms with Crippen molar-refractivity contribution >= 4 is 50.8 Å². The molecule has 0 amide bonds. The summed E-state index contributed by atoms with van der Waals surface area (Å²) in [6.07, 6.45) is -2.82. The Morgan fingerprint density at radius 3 is 2.45 bits per heavy atom. The Morgan fingerprint density at radius 1 is 1.38 bits per heavy atom. The summed E-state index contributed by atoms with van der Waals surface area (Å²) in [4.78, 5) is 51.4. The van der Waals surface area contributed by atoms with Gasteiger partial charge in [-0.15, -0.1) is 0 Å². The Hall–Kier alpha value is -0.725. The third-order valence-corrected chi connectivity index (χ3v) is 6.07. The van der Waals surface area contributed by atoms with E-state index in [1.165, 1.54) is 0 Å². The highest BCUT2D eigenvalue weighted by Crippen LogP contribution is 2.61. The zero-order chi connectivity index (χ0) is 22.6. The Kier molecular flexibility index (Phi) is 6.30. The second-order valence-corrected chi connectivity index (χ2v) is 9.00. The molecule has 5 N–H and O–H groups in total. The molecule has 1 aliphatic heterocycles. The SMILES string of the molecule is [B]C([B])(OP(=O)(O)OP(=O)(O)O)[C@]1(F)C[C@@H](O)[C@]([B])(n2cc(Cl)c(=O)[nH]c2=O)O1. The van der Waals surface area contributed by atoms with Gasteiger partial charge in [-0.2, -0.15) is 4.31 Å². The summed E-state index contributed by atoms with van der Waals surface area (Å²) in [7, 11) is 4.84. The minimum Gasteiger partial charge on any atom is -0.389 e. The van der Waals surface area contributed by atoms with Gasteiger partial charge in [-0.25, -0.2) is 18.3 Å². The summed E-state index contributed by atoms with van der Waals surface area (Å²) in [5.74, 6) is -3.64. The number of aromatic nitrogens is 2. The number of aromatic amines is 1. The minimum absolute atomic E-state index is 0.281. The standard InChI is InChI=1S/C9H9B3ClFN2O11P2/c10-8(16-2-3(13)5(18)15-6(16)19)4(17)1-7(14,25-8)9(11,12)26-29(23,24)27-28(20,21)22/h2,4,17H,1H2,(H,23,24)(H,15,18,19)(H2,20,21,22)/t4-,7+,8+/m1/s1. The lowest BCUT2D eigenvalue weighted by molar-refractivity contribution is -0.218. The van der Waals surface area contributed by atoms with Crippen molar-refractivity contribution in [1.29, 1.82) is 0 Å². The Bertz CT molecular complexity index is 1030. The molecule has 1 saturated heterocycles. The lowest BCUT2D eigenvalue weighted by Crippen LogP contribution is -2.56. The lowest BCUT2D eigenvalue weighted by atomic mass is 9.60. The molecule has 0 aliphatic carbocycles. The molecule has 0 aromatic carbocycles. The van der Waals surface area contributed by atoms with Gasteiger partial charge in [0.25, 0.3) is 5.56 Å². The Morgan fingerprint density at radius 2 is 1.93 bits per heavy atom. The highest BCUT2D eigenvalue weighted by Gasteiger charge is 2.63. The van der Waals surface area contributed by atoms with Crippen LogP contribution in [0.15, 0.2) is 15.8 Å². The van der Waals surface area contributed by atoms with Crippen LogP contribution in [0, 0.1) is 0 Å². The maximum atomic E-state index is 15.3. The van der Waals surface area contributed by atoms with Crippen molar-refractivity contribution in [1.82, 2.24) is 9.55 Å². The number of phosphoric ester groups is 1. The molecule has 1 aromatic rings. The van der Waals surface area contributed by atoms with Crippen LogP contribution in [0.25, 0.3) is 0 Å². The Labute approximate surface area is 169 Å². The van der Waals surface area contributed by atoms with Crippen LogP contribution in [0.2, 0.25) is 5.02 Å². The quantitative estimate of drug-likeness (QED) is 0.220. The summed E-state index contributed by atoms with van der Waals surface area (Å²) in [6.45, 7) is 0. The molecule has 1 aromatic heterocycles. The van der Waals surface area contributed by atoms with E-state index in [-0.39, 0.29) is 4.57 Å². The molecule has 6 radical (unpaired) electrons. The molecule has 29 heavy (non-hydrogen) atoms. The predicted octanol–water partition coefficient (Wildman–Crippen LogP) is -2.37. The molecule has 1 aliphatic rings. The van der Waals surface area contributed by atoms with Gasteiger partial charge in [0.1, 0.15) is 34.2 Å². The smallest absolute Gasteiger partial charge is 0.389 e. The van der Waals surface area contributed by atoms with E-state index in [2.05, 4.69) is 8.83 Å². The summed E-state index contributed by atoms with van der Waals surface area (Å²) < 4.78 is 50.1. The molecular weight excluding hydrogens is 461 g/mol. The minimum atomic E-state index is -5.78. The normalized spacial score (nSPS) is 30.2. The van der Waals surface area contributed by atoms with Crippen LogP contribution in [0.5, 0.6) is 0 Å². The van der Waals surface area contributed by atoms with E-state index in [1.54, 1.807) is 4.98 Å². The van der Waals surface area contributed by atoms with E-state index < -0.39 is 61.3 Å². The van der Waals surface area contributed by atoms with Crippen LogP contribution < -0.4 is 11.2 Å². The fraction of sp³-hybridized carbons (Fsp3) is 0.556. The average molecular weight is 470 g/mol. The number of nitrogens with one attached hydrogen (secondary N) is 1. The first-order valence-electron chi connectivity index (χ1n) is 7.08. The van der Waals surface area contributed by atoms with Crippen molar-refractivity contribution in [2.45, 2.75) is 29.4 Å². The maximum absolute atomic E-state index is 15.3. The van der Waals surface area contributed by atoms with Gasteiger partial charge in [0.05, 0.1) is 11.5 Å². The van der Waals surface area contributed by atoms with Crippen molar-refractivity contribution in [3.8, 4) is 0 Å². The largest absolute Gasteiger partial charge is 0.480 e. The summed E-state index contributed by atoms with van der Waals surface area (Å²) in [6, 6.07) is 0. The molecule has 1 unspecified atom stereocenters. The van der Waals surface area contributed by atoms with Crippen molar-refractivity contribution in [3.63, 3.8) is 0 Å². The summed E-state index contributed by atoms with van der Waals surface area (Å²) >= 11 is 5.56. The van der Waals surface area contributed by atoms with Gasteiger partial charge in [0.2, 0.25) is 5.85 Å². The molecule has 20 heteroatoms. The topological polar surface area (TPSA) is 198 Å². The van der Waals surface area contributed by atoms with E-state index in [9.17, 15) is 28.7 Å². The van der Waals surface area contributed by atoms with E-state index in [1.807, 2.05) is 0 Å². The molecule has 4 atom stereocenters. The Balaban J connectivity index is 2.43. The second-order valence-electron chi connectivity index (χ2n) is 5.83. The number of rotatable bonds is 6. The zero-order valence-corrected chi connectivity index (χ0v) is 16.4.